The number of carbonyl (C=O) groups is 1. The van der Waals surface area contributed by atoms with Gasteiger partial charge in [-0.3, -0.25) is 19.9 Å². The van der Waals surface area contributed by atoms with Crippen molar-refractivity contribution in [2.24, 2.45) is 0 Å². The van der Waals surface area contributed by atoms with E-state index in [9.17, 15) is 25.0 Å². The number of hydrogen-bond donors (Lipinski definition) is 1. The Morgan fingerprint density at radius 3 is 2.64 bits per heavy atom. The summed E-state index contributed by atoms with van der Waals surface area (Å²) in [6, 6.07) is 7.05. The quantitative estimate of drug-likeness (QED) is 0.481. The molecule has 1 aromatic carbocycles. The van der Waals surface area contributed by atoms with Gasteiger partial charge in [-0.25, -0.2) is 0 Å². The van der Waals surface area contributed by atoms with Crippen LogP contribution in [0.4, 0.5) is 17.2 Å². The van der Waals surface area contributed by atoms with Crippen LogP contribution in [0, 0.1) is 20.2 Å². The molecular weight excluding hydrogens is 372 g/mol. The molecule has 0 radical (unpaired) electrons. The Hall–Kier alpha value is -4.35. The summed E-state index contributed by atoms with van der Waals surface area (Å²) >= 11 is 0. The first-order valence-corrected chi connectivity index (χ1v) is 7.74. The maximum atomic E-state index is 12.2. The average Bonchev–Trinajstić information content (AvgIpc) is 3.11. The largest absolute Gasteiger partial charge is 0.455 e. The highest BCUT2D eigenvalue weighted by Gasteiger charge is 2.15. The SMILES string of the molecule is O=C(Cn1cnc([N+](=O)[O-])c1)Nc1cc(Oc2cccnc2)cc([N+](=O)[O-])c1. The number of hydrogen-bond acceptors (Lipinski definition) is 8. The fourth-order valence-corrected chi connectivity index (χ4v) is 2.26. The van der Waals surface area contributed by atoms with E-state index in [-0.39, 0.29) is 23.7 Å². The molecule has 0 aliphatic rings. The molecule has 12 heteroatoms. The third-order valence-electron chi connectivity index (χ3n) is 3.39. The maximum Gasteiger partial charge on any atom is 0.381 e. The lowest BCUT2D eigenvalue weighted by Gasteiger charge is -2.09. The fourth-order valence-electron chi connectivity index (χ4n) is 2.26. The number of carbonyl (C=O) groups excluding carboxylic acids is 1. The van der Waals surface area contributed by atoms with E-state index >= 15 is 0 Å². The van der Waals surface area contributed by atoms with E-state index in [0.29, 0.717) is 5.75 Å². The maximum absolute atomic E-state index is 12.2. The molecule has 0 fully saturated rings. The van der Waals surface area contributed by atoms with Crippen molar-refractivity contribution in [3.63, 3.8) is 0 Å². The zero-order chi connectivity index (χ0) is 20.1. The number of nitro benzene ring substituents is 1. The predicted molar refractivity (Wildman–Crippen MR) is 94.9 cm³/mol. The van der Waals surface area contributed by atoms with Gasteiger partial charge < -0.3 is 24.7 Å². The molecule has 0 saturated carbocycles. The second-order valence-electron chi connectivity index (χ2n) is 5.47. The predicted octanol–water partition coefficient (Wildman–Crippen LogP) is 2.53. The number of amides is 1. The molecule has 0 unspecified atom stereocenters. The van der Waals surface area contributed by atoms with Crippen LogP contribution in [0.5, 0.6) is 11.5 Å². The van der Waals surface area contributed by atoms with Crippen molar-refractivity contribution < 1.29 is 19.4 Å². The van der Waals surface area contributed by atoms with Crippen molar-refractivity contribution in [1.29, 1.82) is 0 Å². The van der Waals surface area contributed by atoms with Gasteiger partial charge in [0, 0.05) is 18.3 Å². The van der Waals surface area contributed by atoms with E-state index in [1.54, 1.807) is 18.3 Å². The number of rotatable bonds is 7. The summed E-state index contributed by atoms with van der Waals surface area (Å²) in [5, 5.41) is 24.3. The van der Waals surface area contributed by atoms with Crippen molar-refractivity contribution in [2.75, 3.05) is 5.32 Å². The third-order valence-corrected chi connectivity index (χ3v) is 3.39. The molecule has 3 aromatic rings. The molecule has 0 saturated heterocycles. The normalized spacial score (nSPS) is 10.3. The molecule has 0 aliphatic carbocycles. The minimum Gasteiger partial charge on any atom is -0.455 e. The summed E-state index contributed by atoms with van der Waals surface area (Å²) < 4.78 is 6.75. The number of aromatic nitrogens is 3. The summed E-state index contributed by atoms with van der Waals surface area (Å²) in [6.07, 6.45) is 5.22. The topological polar surface area (TPSA) is 155 Å². The summed E-state index contributed by atoms with van der Waals surface area (Å²) in [5.74, 6) is -0.447. The first-order chi connectivity index (χ1) is 13.4. The van der Waals surface area contributed by atoms with E-state index in [4.69, 9.17) is 4.74 Å². The van der Waals surface area contributed by atoms with E-state index < -0.39 is 21.6 Å². The second-order valence-corrected chi connectivity index (χ2v) is 5.47. The van der Waals surface area contributed by atoms with Crippen LogP contribution in [0.1, 0.15) is 0 Å². The van der Waals surface area contributed by atoms with Gasteiger partial charge in [-0.1, -0.05) is 0 Å². The number of nitro groups is 2. The highest BCUT2D eigenvalue weighted by molar-refractivity contribution is 5.91. The van der Waals surface area contributed by atoms with Crippen LogP contribution in [0.15, 0.2) is 55.2 Å². The standard InChI is InChI=1S/C16H12N6O6/c23-16(9-20-8-15(18-10-20)22(26)27)19-11-4-12(21(24)25)6-14(5-11)28-13-2-1-3-17-7-13/h1-8,10H,9H2,(H,19,23). The molecular formula is C16H12N6O6. The van der Waals surface area contributed by atoms with E-state index in [0.717, 1.165) is 12.5 Å². The van der Waals surface area contributed by atoms with Gasteiger partial charge in [0.2, 0.25) is 12.2 Å². The average molecular weight is 384 g/mol. The summed E-state index contributed by atoms with van der Waals surface area (Å²) in [4.78, 5) is 40.1. The number of nitrogens with zero attached hydrogens (tertiary/aromatic N) is 5. The number of anilines is 1. The number of ether oxygens (including phenoxy) is 1. The van der Waals surface area contributed by atoms with Crippen LogP contribution in [-0.4, -0.2) is 30.3 Å². The lowest BCUT2D eigenvalue weighted by Crippen LogP contribution is -2.18. The van der Waals surface area contributed by atoms with Crippen LogP contribution in [0.3, 0.4) is 0 Å². The molecule has 0 bridgehead atoms. The second kappa shape index (κ2) is 7.90. The monoisotopic (exact) mass is 384 g/mol. The van der Waals surface area contributed by atoms with Crippen LogP contribution in [0.25, 0.3) is 0 Å². The molecule has 0 aliphatic heterocycles. The Morgan fingerprint density at radius 2 is 2.00 bits per heavy atom. The van der Waals surface area contributed by atoms with Crippen molar-refractivity contribution in [3.05, 3.63) is 75.5 Å². The third kappa shape index (κ3) is 4.63. The molecule has 28 heavy (non-hydrogen) atoms. The number of non-ortho nitro benzene ring substituents is 1. The van der Waals surface area contributed by atoms with Crippen molar-refractivity contribution in [1.82, 2.24) is 14.5 Å². The van der Waals surface area contributed by atoms with E-state index in [2.05, 4.69) is 15.3 Å². The first kappa shape index (κ1) is 18.4. The van der Waals surface area contributed by atoms with Crippen LogP contribution in [0.2, 0.25) is 0 Å². The van der Waals surface area contributed by atoms with Gasteiger partial charge in [-0.05, 0) is 22.0 Å². The Morgan fingerprint density at radius 1 is 1.18 bits per heavy atom. The number of pyridine rings is 1. The Kier molecular flexibility index (Phi) is 5.21. The number of nitrogens with one attached hydrogen (secondary N) is 1. The van der Waals surface area contributed by atoms with Crippen LogP contribution >= 0.6 is 0 Å². The summed E-state index contributed by atoms with van der Waals surface area (Å²) in [6.45, 7) is -0.262. The minimum absolute atomic E-state index is 0.132. The van der Waals surface area contributed by atoms with Gasteiger partial charge in [0.25, 0.3) is 5.69 Å². The molecule has 1 amide bonds. The molecule has 142 valence electrons. The van der Waals surface area contributed by atoms with Gasteiger partial charge in [-0.2, -0.15) is 0 Å². The van der Waals surface area contributed by atoms with Crippen molar-refractivity contribution >= 4 is 23.1 Å². The smallest absolute Gasteiger partial charge is 0.381 e. The lowest BCUT2D eigenvalue weighted by molar-refractivity contribution is -0.389. The molecule has 12 nitrogen and oxygen atoms in total. The Labute approximate surface area is 156 Å². The summed E-state index contributed by atoms with van der Waals surface area (Å²) in [7, 11) is 0. The fraction of sp³-hybridized carbons (Fsp3) is 0.0625. The minimum atomic E-state index is -0.684. The van der Waals surface area contributed by atoms with Gasteiger partial charge in [0.1, 0.15) is 24.2 Å². The van der Waals surface area contributed by atoms with Gasteiger partial charge >= 0.3 is 5.82 Å². The van der Waals surface area contributed by atoms with Crippen LogP contribution in [-0.2, 0) is 11.3 Å². The zero-order valence-corrected chi connectivity index (χ0v) is 14.1. The molecule has 0 spiro atoms. The highest BCUT2D eigenvalue weighted by Crippen LogP contribution is 2.29. The van der Waals surface area contributed by atoms with Gasteiger partial charge in [-0.15, -0.1) is 0 Å². The molecule has 1 N–H and O–H groups in total. The van der Waals surface area contributed by atoms with E-state index in [1.165, 1.54) is 29.0 Å². The van der Waals surface area contributed by atoms with Crippen LogP contribution < -0.4 is 10.1 Å². The van der Waals surface area contributed by atoms with Crippen molar-refractivity contribution in [3.8, 4) is 11.5 Å². The van der Waals surface area contributed by atoms with Gasteiger partial charge in [0.15, 0.2) is 0 Å². The Bertz CT molecular complexity index is 1040. The Balaban J connectivity index is 1.76. The lowest BCUT2D eigenvalue weighted by atomic mass is 10.2. The van der Waals surface area contributed by atoms with E-state index in [1.807, 2.05) is 0 Å². The number of imidazole rings is 1. The highest BCUT2D eigenvalue weighted by atomic mass is 16.6. The molecule has 2 aromatic heterocycles. The van der Waals surface area contributed by atoms with Crippen molar-refractivity contribution in [2.45, 2.75) is 6.54 Å². The summed E-state index contributed by atoms with van der Waals surface area (Å²) in [5.41, 5.74) is -0.150. The molecule has 2 heterocycles. The zero-order valence-electron chi connectivity index (χ0n) is 14.1. The molecule has 0 atom stereocenters. The van der Waals surface area contributed by atoms with Gasteiger partial charge in [0.05, 0.1) is 22.9 Å². The first-order valence-electron chi connectivity index (χ1n) is 7.74. The molecule has 3 rings (SSSR count). The number of benzene rings is 1.